The molecule has 2 aliphatic rings. The van der Waals surface area contributed by atoms with E-state index in [2.05, 4.69) is 143 Å². The van der Waals surface area contributed by atoms with Crippen molar-refractivity contribution in [2.24, 2.45) is 0 Å². The molecule has 0 saturated carbocycles. The van der Waals surface area contributed by atoms with Gasteiger partial charge in [0.25, 0.3) is 0 Å². The predicted octanol–water partition coefficient (Wildman–Crippen LogP) is 8.72. The molecule has 0 saturated heterocycles. The zero-order valence-electron chi connectivity index (χ0n) is 24.5. The van der Waals surface area contributed by atoms with Crippen LogP contribution in [0, 0.1) is 6.57 Å². The molecule has 0 spiro atoms. The summed E-state index contributed by atoms with van der Waals surface area (Å²) in [5.74, 6) is 0. The van der Waals surface area contributed by atoms with E-state index in [9.17, 15) is 0 Å². The van der Waals surface area contributed by atoms with Gasteiger partial charge in [0.2, 0.25) is 0 Å². The highest BCUT2D eigenvalue weighted by molar-refractivity contribution is 6.88. The van der Waals surface area contributed by atoms with Crippen LogP contribution in [0.3, 0.4) is 0 Å². The number of benzene rings is 6. The van der Waals surface area contributed by atoms with Crippen molar-refractivity contribution in [1.29, 1.82) is 0 Å². The third kappa shape index (κ3) is 2.74. The van der Waals surface area contributed by atoms with Gasteiger partial charge >= 0.3 is 6.85 Å². The molecule has 8 aromatic rings. The van der Waals surface area contributed by atoms with Gasteiger partial charge in [-0.3, -0.25) is 0 Å². The maximum absolute atomic E-state index is 7.72. The van der Waals surface area contributed by atoms with Crippen molar-refractivity contribution in [3.05, 3.63) is 144 Å². The molecule has 0 N–H and O–H groups in total. The largest absolute Gasteiger partial charge is 0.376 e. The average Bonchev–Trinajstić information content (AvgIpc) is 3.66. The molecule has 1 aliphatic heterocycles. The summed E-state index contributed by atoms with van der Waals surface area (Å²) in [5, 5.41) is 5.00. The summed E-state index contributed by atoms with van der Waals surface area (Å²) in [7, 11) is 0. The lowest BCUT2D eigenvalue weighted by molar-refractivity contribution is 0.664. The molecule has 204 valence electrons. The van der Waals surface area contributed by atoms with Crippen molar-refractivity contribution in [3.63, 3.8) is 0 Å². The number of para-hydroxylation sites is 3. The summed E-state index contributed by atoms with van der Waals surface area (Å²) in [4.78, 5) is 3.78. The van der Waals surface area contributed by atoms with E-state index < -0.39 is 0 Å². The van der Waals surface area contributed by atoms with E-state index in [1.165, 1.54) is 77.0 Å². The van der Waals surface area contributed by atoms with Crippen LogP contribution in [0.4, 0.5) is 5.69 Å². The van der Waals surface area contributed by atoms with Gasteiger partial charge in [0.1, 0.15) is 0 Å². The van der Waals surface area contributed by atoms with Crippen molar-refractivity contribution in [1.82, 2.24) is 9.05 Å². The van der Waals surface area contributed by atoms with Gasteiger partial charge in [-0.1, -0.05) is 117 Å². The molecule has 1 aliphatic carbocycles. The van der Waals surface area contributed by atoms with Crippen LogP contribution >= 0.6 is 0 Å². The first-order valence-electron chi connectivity index (χ1n) is 15.3. The SMILES string of the molecule is [C-]#[N+]c1ccc2c3cccc4c3n(c2c1)-c1ccccc1B4n1c2ccccc2c2ccc3c(c21)C(C)(C)c1ccccc1-3. The fourth-order valence-electron chi connectivity index (χ4n) is 8.60. The van der Waals surface area contributed by atoms with E-state index in [0.29, 0.717) is 5.69 Å². The minimum Gasteiger partial charge on any atom is -0.376 e. The Morgan fingerprint density at radius 1 is 0.614 bits per heavy atom. The lowest BCUT2D eigenvalue weighted by Crippen LogP contribution is -2.53. The normalized spacial score (nSPS) is 14.2. The summed E-state index contributed by atoms with van der Waals surface area (Å²) in [5.41, 5.74) is 14.6. The Morgan fingerprint density at radius 2 is 1.32 bits per heavy atom. The first kappa shape index (κ1) is 24.0. The average molecular weight is 559 g/mol. The molecule has 0 unspecified atom stereocenters. The Balaban J connectivity index is 1.41. The lowest BCUT2D eigenvalue weighted by atomic mass is 9.48. The number of hydrogen-bond acceptors (Lipinski definition) is 0. The van der Waals surface area contributed by atoms with Gasteiger partial charge in [0.05, 0.1) is 12.1 Å². The van der Waals surface area contributed by atoms with Gasteiger partial charge in [-0.05, 0) is 51.4 Å². The van der Waals surface area contributed by atoms with Crippen LogP contribution in [0.1, 0.15) is 25.0 Å². The van der Waals surface area contributed by atoms with Crippen LogP contribution in [0.25, 0.3) is 65.3 Å². The predicted molar refractivity (Wildman–Crippen MR) is 184 cm³/mol. The highest BCUT2D eigenvalue weighted by Gasteiger charge is 2.41. The highest BCUT2D eigenvalue weighted by atomic mass is 15.0. The molecule has 3 nitrogen and oxygen atoms in total. The van der Waals surface area contributed by atoms with Gasteiger partial charge in [-0.2, -0.15) is 0 Å². The molecule has 4 heteroatoms. The van der Waals surface area contributed by atoms with Crippen LogP contribution in [0.5, 0.6) is 0 Å². The smallest absolute Gasteiger partial charge is 0.332 e. The topological polar surface area (TPSA) is 14.2 Å². The van der Waals surface area contributed by atoms with E-state index in [1.54, 1.807) is 0 Å². The van der Waals surface area contributed by atoms with Crippen LogP contribution < -0.4 is 10.9 Å². The third-order valence-electron chi connectivity index (χ3n) is 10.3. The number of fused-ring (bicyclic) bond motifs is 12. The molecule has 0 amide bonds. The lowest BCUT2D eigenvalue weighted by Gasteiger charge is -2.30. The van der Waals surface area contributed by atoms with Crippen molar-refractivity contribution in [2.75, 3.05) is 0 Å². The maximum Gasteiger partial charge on any atom is 0.332 e. The van der Waals surface area contributed by atoms with E-state index in [0.717, 1.165) is 5.52 Å². The van der Waals surface area contributed by atoms with Crippen LogP contribution in [0.15, 0.2) is 121 Å². The molecule has 0 atom stereocenters. The minimum absolute atomic E-state index is 0.0274. The van der Waals surface area contributed by atoms with Crippen LogP contribution in [-0.2, 0) is 5.41 Å². The van der Waals surface area contributed by atoms with Crippen LogP contribution in [0.2, 0.25) is 0 Å². The molecule has 2 aromatic heterocycles. The van der Waals surface area contributed by atoms with Crippen LogP contribution in [-0.4, -0.2) is 15.9 Å². The summed E-state index contributed by atoms with van der Waals surface area (Å²) in [6.45, 7) is 12.5. The van der Waals surface area contributed by atoms with Crippen molar-refractivity contribution < 1.29 is 0 Å². The Hall–Kier alpha value is -5.53. The number of aromatic nitrogens is 2. The second-order valence-electron chi connectivity index (χ2n) is 12.8. The molecule has 10 rings (SSSR count). The van der Waals surface area contributed by atoms with Crippen molar-refractivity contribution in [3.8, 4) is 16.8 Å². The Kier molecular flexibility index (Phi) is 4.41. The van der Waals surface area contributed by atoms with E-state index in [4.69, 9.17) is 6.57 Å². The van der Waals surface area contributed by atoms with E-state index in [1.807, 2.05) is 6.07 Å². The first-order valence-corrected chi connectivity index (χ1v) is 15.3. The summed E-state index contributed by atoms with van der Waals surface area (Å²) in [6.07, 6.45) is 0. The summed E-state index contributed by atoms with van der Waals surface area (Å²) in [6, 6.07) is 44.3. The fraction of sp³-hybridized carbons (Fsp3) is 0.0750. The van der Waals surface area contributed by atoms with E-state index >= 15 is 0 Å². The second kappa shape index (κ2) is 8.10. The molecular formula is C40H26BN3. The quantitative estimate of drug-likeness (QED) is 0.141. The Morgan fingerprint density at radius 3 is 2.23 bits per heavy atom. The first-order chi connectivity index (χ1) is 21.6. The molecule has 0 bridgehead atoms. The minimum atomic E-state index is -0.150. The third-order valence-corrected chi connectivity index (χ3v) is 10.3. The molecule has 0 fully saturated rings. The van der Waals surface area contributed by atoms with Crippen molar-refractivity contribution >= 4 is 67.1 Å². The molecule has 3 heterocycles. The van der Waals surface area contributed by atoms with Gasteiger partial charge in [-0.15, -0.1) is 0 Å². The van der Waals surface area contributed by atoms with Gasteiger partial charge < -0.3 is 9.05 Å². The van der Waals surface area contributed by atoms with Gasteiger partial charge in [0.15, 0.2) is 5.69 Å². The zero-order valence-corrected chi connectivity index (χ0v) is 24.5. The van der Waals surface area contributed by atoms with Crippen molar-refractivity contribution in [2.45, 2.75) is 19.3 Å². The fourth-order valence-corrected chi connectivity index (χ4v) is 8.60. The molecule has 6 aromatic carbocycles. The second-order valence-corrected chi connectivity index (χ2v) is 12.8. The number of rotatable bonds is 1. The Bertz CT molecular complexity index is 2610. The van der Waals surface area contributed by atoms with Gasteiger partial charge in [-0.25, -0.2) is 4.85 Å². The Labute approximate surface area is 255 Å². The number of hydrogen-bond donors (Lipinski definition) is 0. The maximum atomic E-state index is 7.72. The van der Waals surface area contributed by atoms with E-state index in [-0.39, 0.29) is 12.3 Å². The zero-order chi connectivity index (χ0) is 29.3. The monoisotopic (exact) mass is 559 g/mol. The standard InChI is InChI=1S/C40H26BN3/c1-40(2)31-14-6-4-11-25(31)28-21-22-30-26-12-5-8-17-34(26)44(39(30)37(28)40)41-32-15-7-9-18-35(32)43-36-23-24(42-3)19-20-27(36)29-13-10-16-33(41)38(29)43/h4-23H,1-2H3. The summed E-state index contributed by atoms with van der Waals surface area (Å²) < 4.78 is 5.05. The number of nitrogens with zero attached hydrogens (tertiary/aromatic N) is 3. The molecular weight excluding hydrogens is 533 g/mol. The summed E-state index contributed by atoms with van der Waals surface area (Å²) >= 11 is 0. The molecule has 0 radical (unpaired) electrons. The van der Waals surface area contributed by atoms with Gasteiger partial charge in [0, 0.05) is 49.2 Å². The molecule has 44 heavy (non-hydrogen) atoms. The highest BCUT2D eigenvalue weighted by Crippen LogP contribution is 2.52.